The predicted molar refractivity (Wildman–Crippen MR) is 129 cm³/mol. The van der Waals surface area contributed by atoms with Crippen LogP contribution < -0.4 is 0 Å². The van der Waals surface area contributed by atoms with Gasteiger partial charge in [-0.15, -0.1) is 21.8 Å². The van der Waals surface area contributed by atoms with Crippen molar-refractivity contribution in [3.05, 3.63) is 76.0 Å². The van der Waals surface area contributed by atoms with E-state index in [0.29, 0.717) is 34.2 Å². The number of aromatic nitrogens is 4. The normalized spacial score (nSPS) is 15.2. The molecule has 1 aliphatic carbocycles. The largest absolute Gasteiger partial charge is 0.419 e. The molecule has 0 N–H and O–H groups in total. The first-order valence-corrected chi connectivity index (χ1v) is 11.7. The molecule has 4 rings (SSSR count). The van der Waals surface area contributed by atoms with E-state index in [1.165, 1.54) is 6.42 Å². The molecule has 0 aliphatic heterocycles. The van der Waals surface area contributed by atoms with E-state index in [2.05, 4.69) is 32.7 Å². The molecule has 0 amide bonds. The van der Waals surface area contributed by atoms with Gasteiger partial charge in [-0.3, -0.25) is 4.57 Å². The van der Waals surface area contributed by atoms with Gasteiger partial charge in [0.1, 0.15) is 11.5 Å². The highest BCUT2D eigenvalue weighted by Crippen LogP contribution is 2.37. The van der Waals surface area contributed by atoms with Gasteiger partial charge >= 0.3 is 0 Å². The second-order valence-electron chi connectivity index (χ2n) is 7.34. The monoisotopic (exact) mass is 518 g/mol. The number of imidazole rings is 1. The molecular formula is C23H21BrCl2N4O. The topological polar surface area (TPSA) is 56.7 Å². The minimum absolute atomic E-state index is 0.251. The third-order valence-corrected chi connectivity index (χ3v) is 6.46. The minimum Gasteiger partial charge on any atom is -0.419 e. The number of nitrogens with zero attached hydrogens (tertiary/aromatic N) is 4. The highest BCUT2D eigenvalue weighted by molar-refractivity contribution is 9.10. The van der Waals surface area contributed by atoms with Crippen molar-refractivity contribution in [2.75, 3.05) is 5.88 Å². The maximum absolute atomic E-state index is 6.31. The Hall–Kier alpha value is -2.15. The zero-order valence-corrected chi connectivity index (χ0v) is 20.1. The number of allylic oxidation sites excluding steroid dienone is 5. The maximum atomic E-state index is 6.31. The van der Waals surface area contributed by atoms with Crippen molar-refractivity contribution in [2.24, 2.45) is 0 Å². The molecule has 2 heterocycles. The van der Waals surface area contributed by atoms with Gasteiger partial charge in [-0.05, 0) is 50.1 Å². The molecule has 1 aliphatic rings. The summed E-state index contributed by atoms with van der Waals surface area (Å²) >= 11 is 15.9. The van der Waals surface area contributed by atoms with Crippen LogP contribution in [0, 0.1) is 6.92 Å². The Morgan fingerprint density at radius 2 is 2.00 bits per heavy atom. The summed E-state index contributed by atoms with van der Waals surface area (Å²) in [7, 11) is 0. The van der Waals surface area contributed by atoms with Gasteiger partial charge in [0.25, 0.3) is 5.89 Å². The summed E-state index contributed by atoms with van der Waals surface area (Å²) in [4.78, 5) is 4.87. The molecule has 0 unspecified atom stereocenters. The molecule has 1 aromatic carbocycles. The first-order chi connectivity index (χ1) is 15.0. The molecule has 8 heteroatoms. The van der Waals surface area contributed by atoms with Crippen LogP contribution in [0.25, 0.3) is 22.8 Å². The minimum atomic E-state index is 0.251. The van der Waals surface area contributed by atoms with E-state index in [-0.39, 0.29) is 5.88 Å². The van der Waals surface area contributed by atoms with E-state index in [9.17, 15) is 0 Å². The number of alkyl halides is 1. The average molecular weight is 520 g/mol. The smallest absolute Gasteiger partial charge is 0.268 e. The number of rotatable bonds is 7. The molecule has 2 aromatic heterocycles. The van der Waals surface area contributed by atoms with E-state index in [1.54, 1.807) is 12.2 Å². The Morgan fingerprint density at radius 1 is 1.26 bits per heavy atom. The molecule has 5 nitrogen and oxygen atoms in total. The molecule has 0 radical (unpaired) electrons. The fourth-order valence-electron chi connectivity index (χ4n) is 3.40. The molecule has 160 valence electrons. The standard InChI is InChI=1S/C23H21BrCl2N4O/c1-3-18(26)10-7-16(13-25)21-27-20(23-29-28-22(31-23)15-5-4-6-15)14(2)30(21)19-11-8-17(24)9-12-19/h3,7-12,15H,1,4-6,13H2,2H3/b16-7+,18-10+. The number of hydrogen-bond donors (Lipinski definition) is 0. The zero-order chi connectivity index (χ0) is 22.0. The van der Waals surface area contributed by atoms with Crippen molar-refractivity contribution < 1.29 is 4.42 Å². The quantitative estimate of drug-likeness (QED) is 0.245. The van der Waals surface area contributed by atoms with Crippen molar-refractivity contribution in [3.8, 4) is 17.3 Å². The average Bonchev–Trinajstić information content (AvgIpc) is 3.33. The summed E-state index contributed by atoms with van der Waals surface area (Å²) < 4.78 is 9.04. The van der Waals surface area contributed by atoms with Crippen LogP contribution in [-0.4, -0.2) is 25.6 Å². The Kier molecular flexibility index (Phi) is 6.80. The summed E-state index contributed by atoms with van der Waals surface area (Å²) in [5, 5.41) is 9.07. The molecule has 0 spiro atoms. The lowest BCUT2D eigenvalue weighted by molar-refractivity contribution is 0.338. The second-order valence-corrected chi connectivity index (χ2v) is 8.96. The van der Waals surface area contributed by atoms with E-state index < -0.39 is 0 Å². The number of halogens is 3. The van der Waals surface area contributed by atoms with Gasteiger partial charge in [0, 0.05) is 26.7 Å². The Balaban J connectivity index is 1.86. The van der Waals surface area contributed by atoms with Crippen LogP contribution >= 0.6 is 39.1 Å². The molecular weight excluding hydrogens is 499 g/mol. The molecule has 0 saturated heterocycles. The van der Waals surface area contributed by atoms with Gasteiger partial charge in [0.15, 0.2) is 0 Å². The summed E-state index contributed by atoms with van der Waals surface area (Å²) in [6, 6.07) is 7.99. The fourth-order valence-corrected chi connectivity index (χ4v) is 3.94. The second kappa shape index (κ2) is 9.55. The van der Waals surface area contributed by atoms with Crippen molar-refractivity contribution in [1.29, 1.82) is 0 Å². The molecule has 31 heavy (non-hydrogen) atoms. The lowest BCUT2D eigenvalue weighted by Gasteiger charge is -2.20. The Bertz CT molecular complexity index is 1160. The van der Waals surface area contributed by atoms with Crippen molar-refractivity contribution >= 4 is 44.7 Å². The van der Waals surface area contributed by atoms with Crippen LogP contribution in [0.3, 0.4) is 0 Å². The van der Waals surface area contributed by atoms with Gasteiger partial charge in [-0.25, -0.2) is 4.98 Å². The Labute approximate surface area is 199 Å². The van der Waals surface area contributed by atoms with Gasteiger partial charge in [0.2, 0.25) is 5.89 Å². The predicted octanol–water partition coefficient (Wildman–Crippen LogP) is 7.19. The zero-order valence-electron chi connectivity index (χ0n) is 17.0. The third kappa shape index (κ3) is 4.56. The van der Waals surface area contributed by atoms with Gasteiger partial charge in [0.05, 0.1) is 11.6 Å². The van der Waals surface area contributed by atoms with E-state index in [4.69, 9.17) is 32.6 Å². The Morgan fingerprint density at radius 3 is 2.61 bits per heavy atom. The van der Waals surface area contributed by atoms with Crippen LogP contribution in [0.5, 0.6) is 0 Å². The van der Waals surface area contributed by atoms with Gasteiger partial charge in [-0.1, -0.05) is 52.7 Å². The van der Waals surface area contributed by atoms with Crippen LogP contribution in [0.1, 0.15) is 42.6 Å². The lowest BCUT2D eigenvalue weighted by atomic mass is 9.85. The van der Waals surface area contributed by atoms with E-state index in [1.807, 2.05) is 41.8 Å². The van der Waals surface area contributed by atoms with Crippen molar-refractivity contribution in [1.82, 2.24) is 19.7 Å². The first-order valence-electron chi connectivity index (χ1n) is 9.96. The number of hydrogen-bond acceptors (Lipinski definition) is 4. The van der Waals surface area contributed by atoms with Gasteiger partial charge < -0.3 is 4.42 Å². The molecule has 1 fully saturated rings. The summed E-state index contributed by atoms with van der Waals surface area (Å²) in [5.41, 5.74) is 3.28. The third-order valence-electron chi connectivity index (χ3n) is 5.36. The van der Waals surface area contributed by atoms with Crippen LogP contribution in [0.4, 0.5) is 0 Å². The van der Waals surface area contributed by atoms with Crippen LogP contribution in [0.15, 0.2) is 63.0 Å². The first kappa shape index (κ1) is 22.1. The number of benzene rings is 1. The molecule has 1 saturated carbocycles. The van der Waals surface area contributed by atoms with Gasteiger partial charge in [-0.2, -0.15) is 0 Å². The SMILES string of the molecule is C=C/C(Cl)=C\C=C(/CCl)c1nc(-c2nnc(C3CCC3)o2)c(C)n1-c1ccc(Br)cc1. The van der Waals surface area contributed by atoms with Crippen molar-refractivity contribution in [2.45, 2.75) is 32.1 Å². The highest BCUT2D eigenvalue weighted by atomic mass is 79.9. The van der Waals surface area contributed by atoms with E-state index in [0.717, 1.165) is 34.3 Å². The fraction of sp³-hybridized carbons (Fsp3) is 0.261. The van der Waals surface area contributed by atoms with E-state index >= 15 is 0 Å². The molecule has 0 bridgehead atoms. The molecule has 0 atom stereocenters. The summed E-state index contributed by atoms with van der Waals surface area (Å²) in [6.07, 6.45) is 8.56. The summed E-state index contributed by atoms with van der Waals surface area (Å²) in [5.74, 6) is 2.41. The molecule has 3 aromatic rings. The summed E-state index contributed by atoms with van der Waals surface area (Å²) in [6.45, 7) is 5.67. The maximum Gasteiger partial charge on any atom is 0.268 e. The highest BCUT2D eigenvalue weighted by Gasteiger charge is 2.28. The van der Waals surface area contributed by atoms with Crippen LogP contribution in [-0.2, 0) is 0 Å². The lowest BCUT2D eigenvalue weighted by Crippen LogP contribution is -2.08. The van der Waals surface area contributed by atoms with Crippen molar-refractivity contribution in [3.63, 3.8) is 0 Å². The van der Waals surface area contributed by atoms with Crippen LogP contribution in [0.2, 0.25) is 0 Å².